The zero-order valence-corrected chi connectivity index (χ0v) is 16.7. The second-order valence-corrected chi connectivity index (χ2v) is 6.41. The van der Waals surface area contributed by atoms with Crippen LogP contribution in [0.5, 0.6) is 0 Å². The van der Waals surface area contributed by atoms with Gasteiger partial charge >= 0.3 is 24.5 Å². The number of nitrogens with zero attached hydrogens (tertiary/aromatic N) is 3. The van der Waals surface area contributed by atoms with Gasteiger partial charge in [-0.3, -0.25) is 18.7 Å². The Morgan fingerprint density at radius 2 is 1.55 bits per heavy atom. The molecule has 0 spiro atoms. The first-order valence-corrected chi connectivity index (χ1v) is 8.82. The lowest BCUT2D eigenvalue weighted by atomic mass is 10.1. The van der Waals surface area contributed by atoms with Crippen LogP contribution >= 0.6 is 0 Å². The quantitative estimate of drug-likeness (QED) is 0.478. The Morgan fingerprint density at radius 1 is 0.939 bits per heavy atom. The van der Waals surface area contributed by atoms with E-state index < -0.39 is 64.7 Å². The highest BCUT2D eigenvalue weighted by Crippen LogP contribution is 2.40. The number of carbonyl (C=O) groups is 1. The van der Waals surface area contributed by atoms with Gasteiger partial charge in [0.05, 0.1) is 23.9 Å². The fourth-order valence-electron chi connectivity index (χ4n) is 2.77. The van der Waals surface area contributed by atoms with Crippen LogP contribution in [0.15, 0.2) is 34.1 Å². The molecule has 0 unspecified atom stereocenters. The molecule has 0 N–H and O–H groups in total. The van der Waals surface area contributed by atoms with Crippen molar-refractivity contribution in [3.05, 3.63) is 57.1 Å². The molecule has 0 saturated carbocycles. The monoisotopic (exact) mass is 491 g/mol. The summed E-state index contributed by atoms with van der Waals surface area (Å²) in [5.74, 6) is -1.26. The zero-order valence-electron chi connectivity index (χ0n) is 16.7. The van der Waals surface area contributed by atoms with Gasteiger partial charge in [-0.05, 0) is 25.1 Å². The Hall–Kier alpha value is -3.26. The van der Waals surface area contributed by atoms with E-state index in [1.165, 1.54) is 6.92 Å². The van der Waals surface area contributed by atoms with Crippen LogP contribution in [-0.4, -0.2) is 22.2 Å². The van der Waals surface area contributed by atoms with Gasteiger partial charge in [-0.2, -0.15) is 39.5 Å². The van der Waals surface area contributed by atoms with E-state index in [4.69, 9.17) is 0 Å². The molecule has 0 aliphatic rings. The summed E-state index contributed by atoms with van der Waals surface area (Å²) in [5.41, 5.74) is -8.86. The highest BCUT2D eigenvalue weighted by molar-refractivity contribution is 5.69. The first-order chi connectivity index (χ1) is 15.0. The number of carbonyl (C=O) groups excluding carboxylic acids is 1. The maximum absolute atomic E-state index is 13.5. The number of alkyl halides is 9. The maximum atomic E-state index is 13.5. The van der Waals surface area contributed by atoms with Crippen molar-refractivity contribution in [1.82, 2.24) is 9.13 Å². The lowest BCUT2D eigenvalue weighted by Gasteiger charge is -2.19. The summed E-state index contributed by atoms with van der Waals surface area (Å²) in [7, 11) is 0.834. The zero-order chi connectivity index (χ0) is 25.4. The lowest BCUT2D eigenvalue weighted by Crippen LogP contribution is -2.44. The molecule has 1 heterocycles. The minimum absolute atomic E-state index is 0.106. The Labute approximate surface area is 178 Å². The smallest absolute Gasteiger partial charge is 0.431 e. The number of ether oxygens (including phenoxy) is 1. The van der Waals surface area contributed by atoms with E-state index in [1.54, 1.807) is 0 Å². The van der Waals surface area contributed by atoms with Crippen LogP contribution in [0.2, 0.25) is 0 Å². The van der Waals surface area contributed by atoms with E-state index >= 15 is 0 Å². The molecule has 0 saturated heterocycles. The van der Waals surface area contributed by atoms with Gasteiger partial charge < -0.3 is 4.74 Å². The highest BCUT2D eigenvalue weighted by Gasteiger charge is 2.39. The first-order valence-electron chi connectivity index (χ1n) is 8.82. The van der Waals surface area contributed by atoms with Crippen molar-refractivity contribution in [2.24, 2.45) is 4.99 Å². The van der Waals surface area contributed by atoms with E-state index in [-0.39, 0.29) is 29.3 Å². The van der Waals surface area contributed by atoms with E-state index in [2.05, 4.69) is 9.73 Å². The predicted octanol–water partition coefficient (Wildman–Crippen LogP) is 4.13. The Balaban J connectivity index is 3.05. The number of aromatic nitrogens is 2. The molecule has 0 aliphatic carbocycles. The number of halogens is 9. The van der Waals surface area contributed by atoms with E-state index in [9.17, 15) is 49.1 Å². The van der Waals surface area contributed by atoms with Crippen LogP contribution < -0.4 is 11.2 Å². The van der Waals surface area contributed by atoms with Crippen molar-refractivity contribution in [3.8, 4) is 0 Å². The van der Waals surface area contributed by atoms with Crippen LogP contribution in [0.1, 0.15) is 23.7 Å². The summed E-state index contributed by atoms with van der Waals surface area (Å²) in [4.78, 5) is 27.3. The Bertz CT molecular complexity index is 1170. The number of rotatable bonds is 4. The molecule has 0 fully saturated rings. The van der Waals surface area contributed by atoms with Crippen LogP contribution in [0.25, 0.3) is 0 Å². The van der Waals surface area contributed by atoms with Gasteiger partial charge in [-0.25, -0.2) is 4.99 Å². The maximum Gasteiger partial charge on any atom is 0.431 e. The largest absolute Gasteiger partial charge is 0.468 e. The normalized spacial score (nSPS) is 13.4. The molecular weight excluding hydrogens is 477 g/mol. The first kappa shape index (κ1) is 26.0. The van der Waals surface area contributed by atoms with Crippen LogP contribution in [-0.2, 0) is 41.1 Å². The molecule has 1 aromatic carbocycles. The predicted molar refractivity (Wildman–Crippen MR) is 93.1 cm³/mol. The van der Waals surface area contributed by atoms with Gasteiger partial charge in [0, 0.05) is 12.6 Å². The summed E-state index contributed by atoms with van der Waals surface area (Å²) < 4.78 is 125. The number of esters is 1. The average molecular weight is 491 g/mol. The number of hydrogen-bond acceptors (Lipinski definition) is 4. The second kappa shape index (κ2) is 8.94. The molecule has 2 rings (SSSR count). The fraction of sp³-hybridized carbons (Fsp3) is 0.389. The molecule has 33 heavy (non-hydrogen) atoms. The molecule has 0 aliphatic heterocycles. The lowest BCUT2D eigenvalue weighted by molar-refractivity contribution is -0.149. The van der Waals surface area contributed by atoms with Crippen LogP contribution in [0.4, 0.5) is 45.2 Å². The van der Waals surface area contributed by atoms with E-state index in [0.29, 0.717) is 10.6 Å². The number of methoxy groups -OCH3 is 1. The van der Waals surface area contributed by atoms with Crippen molar-refractivity contribution >= 4 is 11.7 Å². The van der Waals surface area contributed by atoms with Crippen molar-refractivity contribution in [3.63, 3.8) is 0 Å². The van der Waals surface area contributed by atoms with Crippen molar-refractivity contribution < 1.29 is 49.0 Å². The number of hydrogen-bond donors (Lipinski definition) is 0. The molecular formula is C18H14F9N3O3. The van der Waals surface area contributed by atoms with Crippen LogP contribution in [0, 0.1) is 0 Å². The van der Waals surface area contributed by atoms with Gasteiger partial charge in [0.2, 0.25) is 5.62 Å². The minimum atomic E-state index is -5.38. The number of benzene rings is 1. The highest BCUT2D eigenvalue weighted by atomic mass is 19.4. The topological polar surface area (TPSA) is 65.6 Å². The summed E-state index contributed by atoms with van der Waals surface area (Å²) >= 11 is 0. The Morgan fingerprint density at radius 3 is 2.00 bits per heavy atom. The van der Waals surface area contributed by atoms with Gasteiger partial charge in [0.15, 0.2) is 0 Å². The summed E-state index contributed by atoms with van der Waals surface area (Å²) in [6.45, 7) is -0.334. The molecule has 6 nitrogen and oxygen atoms in total. The Kier molecular flexibility index (Phi) is 7.04. The van der Waals surface area contributed by atoms with Crippen LogP contribution in [0.3, 0.4) is 0 Å². The van der Waals surface area contributed by atoms with Crippen molar-refractivity contribution in [1.29, 1.82) is 0 Å². The summed E-state index contributed by atoms with van der Waals surface area (Å²) in [6.07, 6.45) is -15.8. The summed E-state index contributed by atoms with van der Waals surface area (Å²) in [6, 6.07) is 0.411. The standard InChI is InChI=1S/C18H14F9N3O3/c1-3-29-13(31)7-12(18(25,26)27)30(8-14(32)33-2)15(29)28-11-5-4-9(16(19,20)21)6-10(11)17(22,23)24/h4-7H,3,8H2,1-2H3. The molecule has 182 valence electrons. The molecule has 0 atom stereocenters. The third kappa shape index (κ3) is 5.76. The molecule has 15 heteroatoms. The SMILES string of the molecule is CCn1c(=O)cc(C(F)(F)F)n(CC(=O)OC)c1=Nc1ccc(C(F)(F)F)cc1C(F)(F)F. The molecule has 2 aromatic rings. The average Bonchev–Trinajstić information content (AvgIpc) is 2.67. The third-order valence-corrected chi connectivity index (χ3v) is 4.27. The molecule has 1 aromatic heterocycles. The fourth-order valence-corrected chi connectivity index (χ4v) is 2.77. The van der Waals surface area contributed by atoms with E-state index in [0.717, 1.165) is 7.11 Å². The van der Waals surface area contributed by atoms with Gasteiger partial charge in [-0.1, -0.05) is 0 Å². The van der Waals surface area contributed by atoms with Crippen molar-refractivity contribution in [2.45, 2.75) is 38.5 Å². The molecule has 0 bridgehead atoms. The van der Waals surface area contributed by atoms with Gasteiger partial charge in [-0.15, -0.1) is 0 Å². The minimum Gasteiger partial charge on any atom is -0.468 e. The second-order valence-electron chi connectivity index (χ2n) is 6.41. The summed E-state index contributed by atoms with van der Waals surface area (Å²) in [5, 5.41) is 0. The molecule has 0 radical (unpaired) electrons. The van der Waals surface area contributed by atoms with Crippen molar-refractivity contribution in [2.75, 3.05) is 7.11 Å². The van der Waals surface area contributed by atoms with Gasteiger partial charge in [0.1, 0.15) is 12.2 Å². The van der Waals surface area contributed by atoms with Gasteiger partial charge in [0.25, 0.3) is 5.56 Å². The molecule has 0 amide bonds. The third-order valence-electron chi connectivity index (χ3n) is 4.27. The van der Waals surface area contributed by atoms with E-state index in [1.807, 2.05) is 0 Å².